The summed E-state index contributed by atoms with van der Waals surface area (Å²) in [6.45, 7) is 1.35. The smallest absolute Gasteiger partial charge is 0.369 e. The summed E-state index contributed by atoms with van der Waals surface area (Å²) >= 11 is 0.953. The Hall–Kier alpha value is -2.03. The average molecular weight is 353 g/mol. The molecule has 1 fully saturated rings. The summed E-state index contributed by atoms with van der Waals surface area (Å²) in [6, 6.07) is 5.68. The second-order valence-electron chi connectivity index (χ2n) is 5.79. The van der Waals surface area contributed by atoms with Crippen molar-refractivity contribution in [1.29, 1.82) is 0 Å². The van der Waals surface area contributed by atoms with Gasteiger partial charge in [0.2, 0.25) is 0 Å². The number of aromatic nitrogens is 1. The standard InChI is InChI=1S/C15H15BF3N3OS/c16-10-1-2-12(9(5-10)7-23)22-4-3-11(6-22)20-14-21-13(8-24-14)15(17,18)19/h1-2,5,7-8,11H,3-4,6,16H2,(H,20,21)/t11-/m0/s1. The van der Waals surface area contributed by atoms with Gasteiger partial charge in [-0.15, -0.1) is 11.3 Å². The molecule has 3 rings (SSSR count). The van der Waals surface area contributed by atoms with Gasteiger partial charge in [0.15, 0.2) is 17.1 Å². The zero-order chi connectivity index (χ0) is 17.3. The summed E-state index contributed by atoms with van der Waals surface area (Å²) in [6.07, 6.45) is -2.81. The van der Waals surface area contributed by atoms with Crippen LogP contribution in [0.5, 0.6) is 0 Å². The Kier molecular flexibility index (Phi) is 4.53. The molecule has 2 aromatic rings. The van der Waals surface area contributed by atoms with E-state index in [4.69, 9.17) is 0 Å². The monoisotopic (exact) mass is 353 g/mol. The first kappa shape index (κ1) is 16.8. The molecule has 0 amide bonds. The van der Waals surface area contributed by atoms with Crippen molar-refractivity contribution < 1.29 is 18.0 Å². The van der Waals surface area contributed by atoms with Crippen LogP contribution in [-0.2, 0) is 6.18 Å². The maximum atomic E-state index is 12.6. The summed E-state index contributed by atoms with van der Waals surface area (Å²) in [7, 11) is 1.92. The van der Waals surface area contributed by atoms with E-state index < -0.39 is 11.9 Å². The summed E-state index contributed by atoms with van der Waals surface area (Å²) in [5.41, 5.74) is 1.63. The number of anilines is 2. The molecule has 1 saturated heterocycles. The van der Waals surface area contributed by atoms with Crippen LogP contribution in [-0.4, -0.2) is 38.2 Å². The van der Waals surface area contributed by atoms with Crippen LogP contribution in [0.4, 0.5) is 24.0 Å². The molecule has 2 heterocycles. The molecule has 1 aromatic heterocycles. The van der Waals surface area contributed by atoms with Gasteiger partial charge in [0, 0.05) is 35.8 Å². The van der Waals surface area contributed by atoms with Gasteiger partial charge in [-0.25, -0.2) is 4.98 Å². The molecule has 0 saturated carbocycles. The lowest BCUT2D eigenvalue weighted by Gasteiger charge is -2.21. The highest BCUT2D eigenvalue weighted by atomic mass is 32.1. The number of rotatable bonds is 4. The van der Waals surface area contributed by atoms with Crippen molar-refractivity contribution in [2.24, 2.45) is 0 Å². The molecule has 4 nitrogen and oxygen atoms in total. The molecule has 0 aliphatic carbocycles. The van der Waals surface area contributed by atoms with Crippen LogP contribution in [0.2, 0.25) is 0 Å². The molecule has 24 heavy (non-hydrogen) atoms. The molecule has 9 heteroatoms. The lowest BCUT2D eigenvalue weighted by atomic mass is 9.94. The molecule has 0 unspecified atom stereocenters. The molecular formula is C15H15BF3N3OS. The van der Waals surface area contributed by atoms with E-state index in [9.17, 15) is 18.0 Å². The molecule has 1 aromatic carbocycles. The van der Waals surface area contributed by atoms with Gasteiger partial charge in [0.1, 0.15) is 7.85 Å². The number of hydrogen-bond acceptors (Lipinski definition) is 5. The van der Waals surface area contributed by atoms with E-state index in [1.54, 1.807) is 0 Å². The van der Waals surface area contributed by atoms with Gasteiger partial charge in [-0.1, -0.05) is 17.6 Å². The van der Waals surface area contributed by atoms with Crippen LogP contribution >= 0.6 is 11.3 Å². The van der Waals surface area contributed by atoms with Crippen LogP contribution in [0.25, 0.3) is 0 Å². The fourth-order valence-electron chi connectivity index (χ4n) is 2.80. The molecule has 1 aliphatic rings. The van der Waals surface area contributed by atoms with E-state index in [1.807, 2.05) is 26.0 Å². The van der Waals surface area contributed by atoms with E-state index in [0.29, 0.717) is 12.1 Å². The molecule has 0 spiro atoms. The molecule has 0 bridgehead atoms. The number of nitrogens with zero attached hydrogens (tertiary/aromatic N) is 2. The predicted octanol–water partition coefficient (Wildman–Crippen LogP) is 1.92. The number of thiazole rings is 1. The van der Waals surface area contributed by atoms with Gasteiger partial charge in [0.25, 0.3) is 0 Å². The lowest BCUT2D eigenvalue weighted by molar-refractivity contribution is -0.140. The zero-order valence-electron chi connectivity index (χ0n) is 12.9. The van der Waals surface area contributed by atoms with Crippen LogP contribution < -0.4 is 15.7 Å². The quantitative estimate of drug-likeness (QED) is 0.674. The topological polar surface area (TPSA) is 45.2 Å². The second kappa shape index (κ2) is 6.47. The van der Waals surface area contributed by atoms with E-state index >= 15 is 0 Å². The van der Waals surface area contributed by atoms with Crippen molar-refractivity contribution in [1.82, 2.24) is 4.98 Å². The normalized spacial score (nSPS) is 18.0. The first-order valence-electron chi connectivity index (χ1n) is 7.47. The first-order valence-corrected chi connectivity index (χ1v) is 8.35. The Morgan fingerprint density at radius 2 is 2.21 bits per heavy atom. The van der Waals surface area contributed by atoms with Gasteiger partial charge in [-0.2, -0.15) is 13.2 Å². The number of carbonyl (C=O) groups excluding carboxylic acids is 1. The van der Waals surface area contributed by atoms with Crippen LogP contribution in [0.1, 0.15) is 22.5 Å². The maximum absolute atomic E-state index is 12.6. The largest absolute Gasteiger partial charge is 0.434 e. The molecule has 0 radical (unpaired) electrons. The SMILES string of the molecule is Bc1ccc(N2CC[C@H](Nc3nc(C(F)(F)F)cs3)C2)c(C=O)c1. The number of alkyl halides is 3. The number of halogens is 3. The van der Waals surface area contributed by atoms with Crippen molar-refractivity contribution in [3.8, 4) is 0 Å². The third-order valence-corrected chi connectivity index (χ3v) is 4.73. The van der Waals surface area contributed by atoms with E-state index in [0.717, 1.165) is 47.1 Å². The van der Waals surface area contributed by atoms with Gasteiger partial charge in [-0.05, 0) is 12.5 Å². The fourth-order valence-corrected chi connectivity index (χ4v) is 3.59. The first-order chi connectivity index (χ1) is 11.4. The van der Waals surface area contributed by atoms with Crippen LogP contribution in [0.15, 0.2) is 23.6 Å². The van der Waals surface area contributed by atoms with Crippen molar-refractivity contribution in [2.45, 2.75) is 18.6 Å². The third-order valence-electron chi connectivity index (χ3n) is 3.96. The van der Waals surface area contributed by atoms with Gasteiger partial charge < -0.3 is 10.2 Å². The Bertz CT molecular complexity index is 750. The summed E-state index contributed by atoms with van der Waals surface area (Å²) in [4.78, 5) is 16.9. The number of benzene rings is 1. The minimum absolute atomic E-state index is 0.00182. The van der Waals surface area contributed by atoms with Crippen molar-refractivity contribution in [3.05, 3.63) is 34.8 Å². The molecule has 1 N–H and O–H groups in total. The molecular weight excluding hydrogens is 338 g/mol. The summed E-state index contributed by atoms with van der Waals surface area (Å²) < 4.78 is 37.8. The second-order valence-corrected chi connectivity index (χ2v) is 6.65. The predicted molar refractivity (Wildman–Crippen MR) is 91.4 cm³/mol. The number of nitrogens with one attached hydrogen (secondary N) is 1. The molecule has 1 aliphatic heterocycles. The Morgan fingerprint density at radius 1 is 1.42 bits per heavy atom. The van der Waals surface area contributed by atoms with Gasteiger partial charge in [-0.3, -0.25) is 4.79 Å². The van der Waals surface area contributed by atoms with Gasteiger partial charge >= 0.3 is 6.18 Å². The third kappa shape index (κ3) is 3.56. The Balaban J connectivity index is 1.68. The fraction of sp³-hybridized carbons (Fsp3) is 0.333. The summed E-state index contributed by atoms with van der Waals surface area (Å²) in [5.74, 6) is 0. The minimum Gasteiger partial charge on any atom is -0.369 e. The van der Waals surface area contributed by atoms with Crippen molar-refractivity contribution >= 4 is 41.8 Å². The zero-order valence-corrected chi connectivity index (χ0v) is 13.7. The van der Waals surface area contributed by atoms with Crippen molar-refractivity contribution in [3.63, 3.8) is 0 Å². The Morgan fingerprint density at radius 3 is 2.88 bits per heavy atom. The highest BCUT2D eigenvalue weighted by Gasteiger charge is 2.34. The number of aldehydes is 1. The highest BCUT2D eigenvalue weighted by Crippen LogP contribution is 2.32. The van der Waals surface area contributed by atoms with E-state index in [2.05, 4.69) is 15.2 Å². The van der Waals surface area contributed by atoms with E-state index in [-0.39, 0.29) is 11.2 Å². The van der Waals surface area contributed by atoms with Crippen LogP contribution in [0.3, 0.4) is 0 Å². The minimum atomic E-state index is -4.42. The molecule has 126 valence electrons. The lowest BCUT2D eigenvalue weighted by Crippen LogP contribution is -2.27. The van der Waals surface area contributed by atoms with Crippen molar-refractivity contribution in [2.75, 3.05) is 23.3 Å². The van der Waals surface area contributed by atoms with Crippen LogP contribution in [0, 0.1) is 0 Å². The maximum Gasteiger partial charge on any atom is 0.434 e. The highest BCUT2D eigenvalue weighted by molar-refractivity contribution is 7.13. The van der Waals surface area contributed by atoms with E-state index in [1.165, 1.54) is 0 Å². The summed E-state index contributed by atoms with van der Waals surface area (Å²) in [5, 5.41) is 4.34. The average Bonchev–Trinajstić information content (AvgIpc) is 3.16. The number of carbonyl (C=O) groups is 1. The molecule has 1 atom stereocenters. The van der Waals surface area contributed by atoms with Gasteiger partial charge in [0.05, 0.1) is 0 Å². The Labute approximate surface area is 142 Å². The number of hydrogen-bond donors (Lipinski definition) is 1.